The topological polar surface area (TPSA) is 132 Å². The lowest BCUT2D eigenvalue weighted by molar-refractivity contribution is 0.238. The Morgan fingerprint density at radius 2 is 0.701 bits per heavy atom. The summed E-state index contributed by atoms with van der Waals surface area (Å²) >= 11 is 0. The number of hydrogen-bond donors (Lipinski definition) is 2. The second-order valence-corrected chi connectivity index (χ2v) is 21.5. The highest BCUT2D eigenvalue weighted by Gasteiger charge is 2.41. The highest BCUT2D eigenvalue weighted by molar-refractivity contribution is 6.76. The second-order valence-electron chi connectivity index (χ2n) is 21.5. The Balaban J connectivity index is 0.000000123. The highest BCUT2D eigenvalue weighted by atomic mass is 19.1. The van der Waals surface area contributed by atoms with Gasteiger partial charge >= 0.3 is 42.7 Å². The minimum absolute atomic E-state index is 0.290. The molecule has 426 valence electrons. The maximum atomic E-state index is 13.2. The maximum Gasteiger partial charge on any atom is 0.491 e. The summed E-state index contributed by atoms with van der Waals surface area (Å²) in [5, 5.41) is 18.7. The lowest BCUT2D eigenvalue weighted by Crippen LogP contribution is -2.43. The average molecular weight is 1160 g/mol. The summed E-state index contributed by atoms with van der Waals surface area (Å²) < 4.78 is 90.1. The zero-order valence-electron chi connectivity index (χ0n) is 47.0. The Kier molecular flexibility index (Phi) is 18.0. The zero-order chi connectivity index (χ0) is 60.0. The van der Waals surface area contributed by atoms with Gasteiger partial charge in [0.2, 0.25) is 0 Å². The van der Waals surface area contributed by atoms with Crippen molar-refractivity contribution >= 4 is 86.9 Å². The van der Waals surface area contributed by atoms with Crippen LogP contribution in [-0.2, 0) is 89.6 Å². The van der Waals surface area contributed by atoms with Crippen molar-refractivity contribution in [1.82, 2.24) is 0 Å². The maximum absolute atomic E-state index is 13.2. The normalized spacial score (nSPS) is 14.5. The lowest BCUT2D eigenvalue weighted by Gasteiger charge is -2.13. The monoisotopic (exact) mass is 1160 g/mol. The van der Waals surface area contributed by atoms with Gasteiger partial charge < -0.3 is 51.9 Å². The number of fused-ring (bicyclic) bond motifs is 6. The molecule has 0 bridgehead atoms. The summed E-state index contributed by atoms with van der Waals surface area (Å²) in [4.78, 5) is 6.84. The molecule has 0 fully saturated rings. The van der Waals surface area contributed by atoms with Crippen LogP contribution in [0, 0.1) is 37.5 Å². The van der Waals surface area contributed by atoms with E-state index in [1.807, 2.05) is 103 Å². The van der Waals surface area contributed by atoms with Crippen LogP contribution in [0.5, 0.6) is 11.5 Å². The summed E-state index contributed by atoms with van der Waals surface area (Å²) in [6.45, 7) is 18.4. The first-order valence-corrected chi connectivity index (χ1v) is 28.1. The number of rotatable bonds is 10. The molecule has 6 aliphatic rings. The highest BCUT2D eigenvalue weighted by Crippen LogP contribution is 2.27. The van der Waals surface area contributed by atoms with Gasteiger partial charge in [-0.15, -0.1) is 0 Å². The van der Waals surface area contributed by atoms with Crippen LogP contribution >= 0.6 is 0 Å². The van der Waals surface area contributed by atoms with E-state index in [0.717, 1.165) is 85.0 Å². The van der Waals surface area contributed by atoms with Gasteiger partial charge in [-0.3, -0.25) is 0 Å². The summed E-state index contributed by atoms with van der Waals surface area (Å²) in [5.74, 6) is 0.705. The largest absolute Gasteiger partial charge is 0.491 e. The first-order chi connectivity index (χ1) is 42.4. The molecule has 15 rings (SSSR count). The third kappa shape index (κ3) is 14.0. The predicted octanol–water partition coefficient (Wildman–Crippen LogP) is 8.32. The Bertz CT molecular complexity index is 4010. The van der Waals surface area contributed by atoms with Crippen LogP contribution < -0.4 is 37.5 Å². The molecule has 6 heterocycles. The average Bonchev–Trinajstić information content (AvgIpc) is 2.30. The van der Waals surface area contributed by atoms with Crippen molar-refractivity contribution in [3.63, 3.8) is 0 Å². The first-order valence-electron chi connectivity index (χ1n) is 28.1. The third-order valence-corrected chi connectivity index (χ3v) is 15.4. The SMILES string of the molecule is Fc1ccc2c(c1)COB2OB1OCc2cc(F)ccc21.OB1OCc2cc(F)ccc21.[C-]#[N+]c1ccc(Cc2ccc3c(c2)COB3O)cc1.[C-]#[N+]c1ccc(Cc2ccc3c(c2)COB3OB2OCc3cc(Oc4ccc(C)cc4)ccc32)cc1. The fourth-order valence-electron chi connectivity index (χ4n) is 10.9. The van der Waals surface area contributed by atoms with Crippen LogP contribution in [0.4, 0.5) is 24.5 Å². The third-order valence-electron chi connectivity index (χ3n) is 15.4. The minimum Gasteiger partial charge on any atom is -0.457 e. The van der Waals surface area contributed by atoms with Crippen LogP contribution in [-0.4, -0.2) is 52.8 Å². The van der Waals surface area contributed by atoms with E-state index in [9.17, 15) is 18.2 Å². The van der Waals surface area contributed by atoms with Gasteiger partial charge in [0.25, 0.3) is 0 Å². The molecule has 6 aliphatic heterocycles. The van der Waals surface area contributed by atoms with Crippen molar-refractivity contribution in [3.05, 3.63) is 283 Å². The number of aryl methyl sites for hydroxylation is 1. The fourth-order valence-corrected chi connectivity index (χ4v) is 10.9. The zero-order valence-corrected chi connectivity index (χ0v) is 47.0. The molecule has 0 amide bonds. The molecule has 9 aromatic carbocycles. The van der Waals surface area contributed by atoms with Gasteiger partial charge in [0, 0.05) is 0 Å². The van der Waals surface area contributed by atoms with Crippen LogP contribution in [0.15, 0.2) is 182 Å². The molecule has 2 N–H and O–H groups in total. The summed E-state index contributed by atoms with van der Waals surface area (Å²) in [5.41, 5.74) is 18.0. The Labute approximate surface area is 504 Å². The molecule has 0 saturated carbocycles. The Morgan fingerprint density at radius 1 is 0.379 bits per heavy atom. The number of benzene rings is 9. The van der Waals surface area contributed by atoms with Gasteiger partial charge in [-0.25, -0.2) is 22.9 Å². The van der Waals surface area contributed by atoms with Gasteiger partial charge in [0.1, 0.15) is 29.0 Å². The lowest BCUT2D eigenvalue weighted by atomic mass is 9.70. The van der Waals surface area contributed by atoms with E-state index in [4.69, 9.17) is 60.0 Å². The fraction of sp³-hybridized carbons (Fsp3) is 0.138. The van der Waals surface area contributed by atoms with Crippen LogP contribution in [0.3, 0.4) is 0 Å². The van der Waals surface area contributed by atoms with Crippen molar-refractivity contribution in [2.24, 2.45) is 0 Å². The molecule has 0 aliphatic carbocycles. The van der Waals surface area contributed by atoms with Gasteiger partial charge in [-0.05, 0) is 169 Å². The van der Waals surface area contributed by atoms with Crippen molar-refractivity contribution < 1.29 is 65.0 Å². The molecular weight excluding hydrogens is 1110 g/mol. The summed E-state index contributed by atoms with van der Waals surface area (Å²) in [6.07, 6.45) is 1.63. The molecular formula is C65H51B6F3N2O11. The van der Waals surface area contributed by atoms with E-state index in [0.29, 0.717) is 56.5 Å². The van der Waals surface area contributed by atoms with Gasteiger partial charge in [-0.1, -0.05) is 127 Å². The number of ether oxygens (including phenoxy) is 1. The number of halogens is 3. The molecule has 0 spiro atoms. The van der Waals surface area contributed by atoms with Gasteiger partial charge in [0.15, 0.2) is 11.4 Å². The van der Waals surface area contributed by atoms with Crippen molar-refractivity contribution in [3.8, 4) is 11.5 Å². The molecule has 0 aromatic heterocycles. The smallest absolute Gasteiger partial charge is 0.457 e. The van der Waals surface area contributed by atoms with Crippen molar-refractivity contribution in [1.29, 1.82) is 0 Å². The van der Waals surface area contributed by atoms with Crippen molar-refractivity contribution in [2.75, 3.05) is 0 Å². The number of nitrogens with zero attached hydrogens (tertiary/aromatic N) is 2. The Morgan fingerprint density at radius 3 is 1.14 bits per heavy atom. The van der Waals surface area contributed by atoms with Gasteiger partial charge in [-0.2, -0.15) is 0 Å². The first kappa shape index (κ1) is 58.9. The van der Waals surface area contributed by atoms with E-state index in [-0.39, 0.29) is 17.5 Å². The van der Waals surface area contributed by atoms with E-state index in [1.165, 1.54) is 64.2 Å². The Hall–Kier alpha value is -8.46. The molecule has 13 nitrogen and oxygen atoms in total. The standard InChI is InChI=1S/C29H23B2NO4.C15H12BNO2.C14H10B2F2O3.C7H6BFO2/c1-20-3-10-26(11-4-20)35-27-12-14-29-24(17-27)19-34-31(29)36-30-28-13-7-22(16-23(28)18-33-30)15-21-5-8-25(32-2)9-6-21;1-17-14-5-2-11(3-6-14)8-12-4-7-15-13(9-12)10-19-16(15)18;17-11-1-3-13-9(5-11)7-19-15(13)21-16-14-4-2-12(18)6-10(14)8-20-16;9-6-1-2-7-5(3-6)4-11-8(7)10/h3-14,16-17H,15,18-19H2,1H3;2-7,9,18H,8,10H2;1-6H,7-8H2;1-3,10H,4H2. The van der Waals surface area contributed by atoms with Crippen LogP contribution in [0.1, 0.15) is 61.2 Å². The molecule has 0 radical (unpaired) electrons. The van der Waals surface area contributed by atoms with E-state index >= 15 is 0 Å². The van der Waals surface area contributed by atoms with E-state index < -0.39 is 42.7 Å². The molecule has 22 heteroatoms. The summed E-state index contributed by atoms with van der Waals surface area (Å²) in [6, 6.07) is 54.9. The minimum atomic E-state index is -0.870. The molecule has 0 unspecified atom stereocenters. The second kappa shape index (κ2) is 26.7. The molecule has 0 atom stereocenters. The predicted molar refractivity (Wildman–Crippen MR) is 328 cm³/mol. The quantitative estimate of drug-likeness (QED) is 0.101. The molecule has 9 aromatic rings. The van der Waals surface area contributed by atoms with E-state index in [1.54, 1.807) is 18.2 Å². The molecule has 0 saturated heterocycles. The van der Waals surface area contributed by atoms with Crippen molar-refractivity contribution in [2.45, 2.75) is 59.4 Å². The summed E-state index contributed by atoms with van der Waals surface area (Å²) in [7, 11) is -3.78. The van der Waals surface area contributed by atoms with Gasteiger partial charge in [0.05, 0.1) is 52.8 Å². The number of hydrogen-bond acceptors (Lipinski definition) is 11. The van der Waals surface area contributed by atoms with Crippen LogP contribution in [0.2, 0.25) is 0 Å². The van der Waals surface area contributed by atoms with Crippen LogP contribution in [0.25, 0.3) is 9.69 Å². The van der Waals surface area contributed by atoms with E-state index in [2.05, 4.69) is 40.9 Å². The molecule has 87 heavy (non-hydrogen) atoms.